The van der Waals surface area contributed by atoms with Crippen LogP contribution in [0.1, 0.15) is 19.4 Å². The van der Waals surface area contributed by atoms with Gasteiger partial charge in [0.25, 0.3) is 0 Å². The summed E-state index contributed by atoms with van der Waals surface area (Å²) in [6, 6.07) is 2.04. The Morgan fingerprint density at radius 3 is 2.11 bits per heavy atom. The molecule has 0 aliphatic rings. The van der Waals surface area contributed by atoms with Crippen LogP contribution in [0.2, 0.25) is 0 Å². The van der Waals surface area contributed by atoms with E-state index in [0.717, 1.165) is 12.1 Å². The third kappa shape index (κ3) is 3.99. The van der Waals surface area contributed by atoms with E-state index in [1.807, 2.05) is 25.8 Å². The molecule has 0 radical (unpaired) electrons. The Bertz CT molecular complexity index is 396. The first-order valence-corrected chi connectivity index (χ1v) is 5.77. The lowest BCUT2D eigenvalue weighted by atomic mass is 9.93. The van der Waals surface area contributed by atoms with Crippen LogP contribution in [0.5, 0.6) is 0 Å². The smallest absolute Gasteiger partial charge is 0.194 e. The van der Waals surface area contributed by atoms with Crippen molar-refractivity contribution in [1.82, 2.24) is 4.90 Å². The fourth-order valence-corrected chi connectivity index (χ4v) is 1.86. The molecule has 18 heavy (non-hydrogen) atoms. The fraction of sp³-hybridized carbons (Fsp3) is 0.538. The number of nitrogens with two attached hydrogens (primary N) is 1. The average molecular weight is 260 g/mol. The molecule has 0 aliphatic heterocycles. The Balaban J connectivity index is 2.74. The summed E-state index contributed by atoms with van der Waals surface area (Å²) in [7, 11) is 1.83. The van der Waals surface area contributed by atoms with Crippen molar-refractivity contribution in [2.24, 2.45) is 11.1 Å². The van der Waals surface area contributed by atoms with Gasteiger partial charge in [-0.15, -0.1) is 0 Å². The van der Waals surface area contributed by atoms with Gasteiger partial charge < -0.3 is 10.6 Å². The zero-order chi connectivity index (χ0) is 13.9. The molecule has 102 valence electrons. The van der Waals surface area contributed by atoms with Gasteiger partial charge in [-0.05, 0) is 36.7 Å². The molecule has 5 heteroatoms. The first kappa shape index (κ1) is 15.0. The minimum Gasteiger partial charge on any atom is -0.330 e. The molecule has 0 fully saturated rings. The first-order valence-electron chi connectivity index (χ1n) is 5.77. The minimum atomic E-state index is -1.43. The lowest BCUT2D eigenvalue weighted by Gasteiger charge is -2.29. The number of nitrogens with zero attached hydrogens (tertiary/aromatic N) is 1. The first-order chi connectivity index (χ1) is 8.25. The molecule has 1 aromatic rings. The molecule has 0 heterocycles. The van der Waals surface area contributed by atoms with Crippen LogP contribution in [0.4, 0.5) is 13.2 Å². The summed E-state index contributed by atoms with van der Waals surface area (Å²) in [5, 5.41) is 0. The third-order valence-electron chi connectivity index (χ3n) is 2.75. The molecule has 1 rings (SSSR count). The van der Waals surface area contributed by atoms with E-state index in [1.54, 1.807) is 0 Å². The summed E-state index contributed by atoms with van der Waals surface area (Å²) in [4.78, 5) is 1.90. The second-order valence-electron chi connectivity index (χ2n) is 5.41. The average Bonchev–Trinajstić information content (AvgIpc) is 2.25. The number of hydrogen-bond donors (Lipinski definition) is 1. The van der Waals surface area contributed by atoms with Gasteiger partial charge in [-0.2, -0.15) is 0 Å². The van der Waals surface area contributed by atoms with Gasteiger partial charge in [0.1, 0.15) is 0 Å². The Hall–Kier alpha value is -1.07. The monoisotopic (exact) mass is 260 g/mol. The van der Waals surface area contributed by atoms with Crippen LogP contribution < -0.4 is 5.73 Å². The molecule has 0 aromatic heterocycles. The Kier molecular flexibility index (Phi) is 4.76. The van der Waals surface area contributed by atoms with Gasteiger partial charge >= 0.3 is 0 Å². The van der Waals surface area contributed by atoms with Crippen LogP contribution in [0.3, 0.4) is 0 Å². The van der Waals surface area contributed by atoms with Gasteiger partial charge in [0.15, 0.2) is 17.5 Å². The van der Waals surface area contributed by atoms with Crippen LogP contribution in [0.25, 0.3) is 0 Å². The summed E-state index contributed by atoms with van der Waals surface area (Å²) < 4.78 is 38.9. The van der Waals surface area contributed by atoms with Crippen molar-refractivity contribution in [2.45, 2.75) is 20.4 Å². The lowest BCUT2D eigenvalue weighted by Crippen LogP contribution is -2.36. The highest BCUT2D eigenvalue weighted by Crippen LogP contribution is 2.18. The highest BCUT2D eigenvalue weighted by Gasteiger charge is 2.19. The van der Waals surface area contributed by atoms with Crippen molar-refractivity contribution in [3.05, 3.63) is 35.1 Å². The predicted molar refractivity (Wildman–Crippen MR) is 65.5 cm³/mol. The van der Waals surface area contributed by atoms with E-state index < -0.39 is 17.5 Å². The molecule has 1 aromatic carbocycles. The van der Waals surface area contributed by atoms with Gasteiger partial charge in [-0.25, -0.2) is 13.2 Å². The lowest BCUT2D eigenvalue weighted by molar-refractivity contribution is 0.209. The van der Waals surface area contributed by atoms with E-state index >= 15 is 0 Å². The standard InChI is InChI=1S/C13H19F3N2/c1-13(2,7-17)8-18(3)6-9-4-10(14)12(16)11(15)5-9/h4-5H,6-8,17H2,1-3H3. The zero-order valence-electron chi connectivity index (χ0n) is 10.9. The maximum Gasteiger partial charge on any atom is 0.194 e. The highest BCUT2D eigenvalue weighted by molar-refractivity contribution is 5.19. The molecule has 0 saturated heterocycles. The predicted octanol–water partition coefficient (Wildman–Crippen LogP) is 2.52. The Morgan fingerprint density at radius 1 is 1.17 bits per heavy atom. The molecule has 0 spiro atoms. The topological polar surface area (TPSA) is 29.3 Å². The highest BCUT2D eigenvalue weighted by atomic mass is 19.2. The summed E-state index contributed by atoms with van der Waals surface area (Å²) in [6.07, 6.45) is 0. The maximum atomic E-state index is 13.0. The summed E-state index contributed by atoms with van der Waals surface area (Å²) >= 11 is 0. The Labute approximate surface area is 106 Å². The van der Waals surface area contributed by atoms with Gasteiger partial charge in [0.05, 0.1) is 0 Å². The van der Waals surface area contributed by atoms with Crippen molar-refractivity contribution >= 4 is 0 Å². The molecule has 0 bridgehead atoms. The van der Waals surface area contributed by atoms with Gasteiger partial charge in [-0.3, -0.25) is 0 Å². The zero-order valence-corrected chi connectivity index (χ0v) is 10.9. The maximum absolute atomic E-state index is 13.0. The second-order valence-corrected chi connectivity index (χ2v) is 5.41. The molecule has 0 unspecified atom stereocenters. The molecule has 2 N–H and O–H groups in total. The number of hydrogen-bond acceptors (Lipinski definition) is 2. The van der Waals surface area contributed by atoms with Crippen LogP contribution in [-0.2, 0) is 6.54 Å². The van der Waals surface area contributed by atoms with Crippen LogP contribution in [-0.4, -0.2) is 25.0 Å². The van der Waals surface area contributed by atoms with E-state index in [9.17, 15) is 13.2 Å². The van der Waals surface area contributed by atoms with Crippen LogP contribution in [0, 0.1) is 22.9 Å². The van der Waals surface area contributed by atoms with E-state index in [0.29, 0.717) is 25.2 Å². The van der Waals surface area contributed by atoms with E-state index in [-0.39, 0.29) is 5.41 Å². The van der Waals surface area contributed by atoms with Crippen molar-refractivity contribution in [2.75, 3.05) is 20.1 Å². The van der Waals surface area contributed by atoms with E-state index in [1.165, 1.54) is 0 Å². The van der Waals surface area contributed by atoms with Crippen molar-refractivity contribution in [1.29, 1.82) is 0 Å². The molecular formula is C13H19F3N2. The van der Waals surface area contributed by atoms with E-state index in [2.05, 4.69) is 0 Å². The summed E-state index contributed by atoms with van der Waals surface area (Å²) in [5.74, 6) is -3.74. The molecule has 0 amide bonds. The fourth-order valence-electron chi connectivity index (χ4n) is 1.86. The number of halogens is 3. The van der Waals surface area contributed by atoms with Gasteiger partial charge in [-0.1, -0.05) is 13.8 Å². The van der Waals surface area contributed by atoms with Crippen LogP contribution >= 0.6 is 0 Å². The quantitative estimate of drug-likeness (QED) is 0.824. The normalized spacial score (nSPS) is 12.2. The van der Waals surface area contributed by atoms with Crippen molar-refractivity contribution < 1.29 is 13.2 Å². The SMILES string of the molecule is CN(Cc1cc(F)c(F)c(F)c1)CC(C)(C)CN. The largest absolute Gasteiger partial charge is 0.330 e. The summed E-state index contributed by atoms with van der Waals surface area (Å²) in [5.41, 5.74) is 5.95. The Morgan fingerprint density at radius 2 is 1.67 bits per heavy atom. The molecule has 0 atom stereocenters. The molecule has 2 nitrogen and oxygen atoms in total. The minimum absolute atomic E-state index is 0.0775. The summed E-state index contributed by atoms with van der Waals surface area (Å²) in [6.45, 7) is 5.57. The van der Waals surface area contributed by atoms with E-state index in [4.69, 9.17) is 5.73 Å². The second kappa shape index (κ2) is 5.71. The van der Waals surface area contributed by atoms with Crippen molar-refractivity contribution in [3.63, 3.8) is 0 Å². The number of benzene rings is 1. The molecular weight excluding hydrogens is 241 g/mol. The van der Waals surface area contributed by atoms with Crippen LogP contribution in [0.15, 0.2) is 12.1 Å². The molecule has 0 saturated carbocycles. The third-order valence-corrected chi connectivity index (χ3v) is 2.75. The van der Waals surface area contributed by atoms with Gasteiger partial charge in [0, 0.05) is 13.1 Å². The molecule has 0 aliphatic carbocycles. The van der Waals surface area contributed by atoms with Gasteiger partial charge in [0.2, 0.25) is 0 Å². The van der Waals surface area contributed by atoms with Crippen molar-refractivity contribution in [3.8, 4) is 0 Å². The number of rotatable bonds is 5.